The van der Waals surface area contributed by atoms with Crippen LogP contribution in [0, 0.1) is 0 Å². The van der Waals surface area contributed by atoms with E-state index in [2.05, 4.69) is 20.8 Å². The van der Waals surface area contributed by atoms with Crippen LogP contribution in [0.15, 0.2) is 46.9 Å². The van der Waals surface area contributed by atoms with Crippen molar-refractivity contribution in [3.63, 3.8) is 0 Å². The van der Waals surface area contributed by atoms with E-state index in [0.29, 0.717) is 23.9 Å². The lowest BCUT2D eigenvalue weighted by atomic mass is 10.1. The fourth-order valence-electron chi connectivity index (χ4n) is 3.32. The Bertz CT molecular complexity index is 725. The summed E-state index contributed by atoms with van der Waals surface area (Å²) < 4.78 is 6.86. The molecule has 1 aliphatic rings. The van der Waals surface area contributed by atoms with Gasteiger partial charge in [-0.3, -0.25) is 4.90 Å². The Balaban J connectivity index is 1.71. The molecule has 1 heterocycles. The third-order valence-corrected chi connectivity index (χ3v) is 5.50. The summed E-state index contributed by atoms with van der Waals surface area (Å²) >= 11 is 9.39. The summed E-state index contributed by atoms with van der Waals surface area (Å²) in [6.45, 7) is 1.92. The summed E-state index contributed by atoms with van der Waals surface area (Å²) in [6.07, 6.45) is 1.35. The summed E-state index contributed by atoms with van der Waals surface area (Å²) in [6, 6.07) is 13.3. The quantitative estimate of drug-likeness (QED) is 0.678. The molecule has 3 rings (SSSR count). The molecular formula is C20H23BrClNO3. The molecule has 0 spiro atoms. The van der Waals surface area contributed by atoms with Gasteiger partial charge in [-0.15, -0.1) is 0 Å². The number of halogens is 2. The highest BCUT2D eigenvalue weighted by molar-refractivity contribution is 9.10. The minimum Gasteiger partial charge on any atom is -0.489 e. The van der Waals surface area contributed by atoms with Gasteiger partial charge in [0.25, 0.3) is 0 Å². The van der Waals surface area contributed by atoms with Gasteiger partial charge in [0.1, 0.15) is 12.4 Å². The normalized spacial score (nSPS) is 18.8. The van der Waals surface area contributed by atoms with Crippen LogP contribution < -0.4 is 4.74 Å². The summed E-state index contributed by atoms with van der Waals surface area (Å²) in [5.74, 6) is 0.662. The van der Waals surface area contributed by atoms with Crippen molar-refractivity contribution in [1.29, 1.82) is 0 Å². The molecular weight excluding hydrogens is 418 g/mol. The zero-order valence-electron chi connectivity index (χ0n) is 14.4. The average Bonchev–Trinajstić information content (AvgIpc) is 3.09. The number of aliphatic hydroxyl groups excluding tert-OH is 2. The van der Waals surface area contributed by atoms with Crippen LogP contribution in [0.1, 0.15) is 30.1 Å². The largest absolute Gasteiger partial charge is 0.489 e. The van der Waals surface area contributed by atoms with Gasteiger partial charge in [-0.25, -0.2) is 0 Å². The first-order valence-corrected chi connectivity index (χ1v) is 9.93. The van der Waals surface area contributed by atoms with E-state index < -0.39 is 6.10 Å². The van der Waals surface area contributed by atoms with E-state index in [-0.39, 0.29) is 12.6 Å². The van der Waals surface area contributed by atoms with E-state index in [4.69, 9.17) is 16.3 Å². The number of likely N-dealkylation sites (tertiary alicyclic amines) is 1. The molecule has 2 aromatic rings. The van der Waals surface area contributed by atoms with Crippen LogP contribution >= 0.6 is 27.5 Å². The molecule has 0 bridgehead atoms. The number of rotatable bonds is 7. The number of hydrogen-bond acceptors (Lipinski definition) is 4. The smallest absolute Gasteiger partial charge is 0.125 e. The first-order valence-electron chi connectivity index (χ1n) is 8.76. The molecule has 1 fully saturated rings. The van der Waals surface area contributed by atoms with Crippen molar-refractivity contribution in [1.82, 2.24) is 4.90 Å². The van der Waals surface area contributed by atoms with Gasteiger partial charge in [0.05, 0.1) is 12.7 Å². The molecule has 0 saturated carbocycles. The van der Waals surface area contributed by atoms with Crippen molar-refractivity contribution >= 4 is 27.5 Å². The first kappa shape index (κ1) is 19.6. The number of ether oxygens (including phenoxy) is 1. The van der Waals surface area contributed by atoms with E-state index >= 15 is 0 Å². The molecule has 26 heavy (non-hydrogen) atoms. The average molecular weight is 441 g/mol. The van der Waals surface area contributed by atoms with Crippen molar-refractivity contribution in [3.8, 4) is 5.75 Å². The van der Waals surface area contributed by atoms with Gasteiger partial charge in [-0.2, -0.15) is 0 Å². The Hall–Kier alpha value is -1.11. The molecule has 140 valence electrons. The topological polar surface area (TPSA) is 52.9 Å². The lowest BCUT2D eigenvalue weighted by Crippen LogP contribution is -2.35. The molecule has 1 saturated heterocycles. The third kappa shape index (κ3) is 4.99. The van der Waals surface area contributed by atoms with Gasteiger partial charge in [-0.1, -0.05) is 39.7 Å². The fraction of sp³-hybridized carbons (Fsp3) is 0.400. The van der Waals surface area contributed by atoms with Crippen molar-refractivity contribution in [3.05, 3.63) is 63.1 Å². The molecule has 4 nitrogen and oxygen atoms in total. The Kier molecular flexibility index (Phi) is 6.95. The number of β-amino-alcohol motifs (C(OH)–C–C–N with tert-alkyl or cyclic N) is 1. The van der Waals surface area contributed by atoms with Crippen LogP contribution in [0.25, 0.3) is 0 Å². The lowest BCUT2D eigenvalue weighted by Gasteiger charge is -2.26. The number of hydrogen-bond donors (Lipinski definition) is 2. The molecule has 2 N–H and O–H groups in total. The molecule has 1 aliphatic heterocycles. The molecule has 0 aromatic heterocycles. The predicted molar refractivity (Wildman–Crippen MR) is 107 cm³/mol. The van der Waals surface area contributed by atoms with E-state index in [9.17, 15) is 10.2 Å². The molecule has 2 unspecified atom stereocenters. The number of aliphatic hydroxyl groups is 2. The molecule has 0 aliphatic carbocycles. The predicted octanol–water partition coefficient (Wildman–Crippen LogP) is 4.17. The minimum absolute atomic E-state index is 0.130. The Morgan fingerprint density at radius 2 is 2.00 bits per heavy atom. The van der Waals surface area contributed by atoms with Gasteiger partial charge in [0, 0.05) is 27.6 Å². The molecule has 2 atom stereocenters. The van der Waals surface area contributed by atoms with Crippen molar-refractivity contribution < 1.29 is 14.9 Å². The molecule has 0 radical (unpaired) electrons. The third-order valence-electron chi connectivity index (χ3n) is 4.76. The van der Waals surface area contributed by atoms with Gasteiger partial charge < -0.3 is 14.9 Å². The molecule has 2 aromatic carbocycles. The Morgan fingerprint density at radius 3 is 2.73 bits per heavy atom. The van der Waals surface area contributed by atoms with Crippen LogP contribution in [0.4, 0.5) is 0 Å². The summed E-state index contributed by atoms with van der Waals surface area (Å²) in [4.78, 5) is 2.15. The minimum atomic E-state index is -0.681. The van der Waals surface area contributed by atoms with Gasteiger partial charge in [0.15, 0.2) is 0 Å². The van der Waals surface area contributed by atoms with Gasteiger partial charge >= 0.3 is 0 Å². The summed E-state index contributed by atoms with van der Waals surface area (Å²) in [5, 5.41) is 21.0. The van der Waals surface area contributed by atoms with Crippen LogP contribution in [-0.4, -0.2) is 40.9 Å². The molecule has 6 heteroatoms. The number of nitrogens with zero attached hydrogens (tertiary/aromatic N) is 1. The van der Waals surface area contributed by atoms with E-state index in [1.807, 2.05) is 42.5 Å². The number of benzene rings is 2. The van der Waals surface area contributed by atoms with Crippen LogP contribution in [0.5, 0.6) is 5.75 Å². The Labute approximate surface area is 167 Å². The standard InChI is InChI=1S/C20H23BrClNO3/c21-15-5-8-20(26-13-14-3-6-16(22)7-4-14)18(10-15)19(25)11-23-9-1-2-17(23)12-24/h3-8,10,17,19,24-25H,1-2,9,11-13H2. The highest BCUT2D eigenvalue weighted by Gasteiger charge is 2.27. The second-order valence-electron chi connectivity index (χ2n) is 6.59. The second-order valence-corrected chi connectivity index (χ2v) is 7.94. The highest BCUT2D eigenvalue weighted by Crippen LogP contribution is 2.31. The zero-order valence-corrected chi connectivity index (χ0v) is 16.8. The summed E-state index contributed by atoms with van der Waals surface area (Å²) in [5.41, 5.74) is 1.76. The van der Waals surface area contributed by atoms with Crippen LogP contribution in [0.3, 0.4) is 0 Å². The fourth-order valence-corrected chi connectivity index (χ4v) is 3.82. The van der Waals surface area contributed by atoms with E-state index in [0.717, 1.165) is 35.0 Å². The van der Waals surface area contributed by atoms with Gasteiger partial charge in [-0.05, 0) is 55.3 Å². The second kappa shape index (κ2) is 9.20. The Morgan fingerprint density at radius 1 is 1.23 bits per heavy atom. The van der Waals surface area contributed by atoms with E-state index in [1.165, 1.54) is 0 Å². The first-order chi connectivity index (χ1) is 12.6. The molecule has 0 amide bonds. The maximum Gasteiger partial charge on any atom is 0.125 e. The van der Waals surface area contributed by atoms with Crippen LogP contribution in [0.2, 0.25) is 5.02 Å². The summed E-state index contributed by atoms with van der Waals surface area (Å²) in [7, 11) is 0. The van der Waals surface area contributed by atoms with Crippen molar-refractivity contribution in [2.24, 2.45) is 0 Å². The maximum atomic E-state index is 10.8. The van der Waals surface area contributed by atoms with E-state index in [1.54, 1.807) is 0 Å². The van der Waals surface area contributed by atoms with Crippen molar-refractivity contribution in [2.75, 3.05) is 19.7 Å². The lowest BCUT2D eigenvalue weighted by molar-refractivity contribution is 0.0828. The highest BCUT2D eigenvalue weighted by atomic mass is 79.9. The van der Waals surface area contributed by atoms with Crippen LogP contribution in [-0.2, 0) is 6.61 Å². The maximum absolute atomic E-state index is 10.8. The van der Waals surface area contributed by atoms with Gasteiger partial charge in [0.2, 0.25) is 0 Å². The monoisotopic (exact) mass is 439 g/mol. The SMILES string of the molecule is OCC1CCCN1CC(O)c1cc(Br)ccc1OCc1ccc(Cl)cc1. The van der Waals surface area contributed by atoms with Crippen molar-refractivity contribution in [2.45, 2.75) is 31.6 Å². The zero-order chi connectivity index (χ0) is 18.5.